The molecule has 6 heteroatoms. The van der Waals surface area contributed by atoms with Gasteiger partial charge in [0.1, 0.15) is 5.75 Å². The van der Waals surface area contributed by atoms with Gasteiger partial charge < -0.3 is 20.1 Å². The van der Waals surface area contributed by atoms with Gasteiger partial charge in [0.15, 0.2) is 0 Å². The molecule has 2 rings (SSSR count). The van der Waals surface area contributed by atoms with Crippen LogP contribution in [-0.4, -0.2) is 43.3 Å². The Hall–Kier alpha value is -2.05. The Morgan fingerprint density at radius 2 is 2.00 bits per heavy atom. The van der Waals surface area contributed by atoms with E-state index in [1.807, 2.05) is 36.4 Å². The van der Waals surface area contributed by atoms with E-state index in [1.54, 1.807) is 25.5 Å². The number of ether oxygens (including phenoxy) is 1. The maximum absolute atomic E-state index is 11.7. The van der Waals surface area contributed by atoms with Crippen LogP contribution in [0.3, 0.4) is 0 Å². The van der Waals surface area contributed by atoms with Crippen molar-refractivity contribution in [2.24, 2.45) is 0 Å². The molecule has 0 aliphatic rings. The van der Waals surface area contributed by atoms with E-state index >= 15 is 0 Å². The molecule has 0 atom stereocenters. The highest BCUT2D eigenvalue weighted by Gasteiger charge is 2.08. The molecule has 0 saturated heterocycles. The molecule has 0 unspecified atom stereocenters. The smallest absolute Gasteiger partial charge is 0.317 e. The van der Waals surface area contributed by atoms with Gasteiger partial charge in [-0.25, -0.2) is 4.79 Å². The van der Waals surface area contributed by atoms with Crippen molar-refractivity contribution in [2.75, 3.05) is 27.3 Å². The van der Waals surface area contributed by atoms with Crippen LogP contribution in [0.1, 0.15) is 4.88 Å². The number of nitrogens with zero attached hydrogens (tertiary/aromatic N) is 1. The fourth-order valence-corrected chi connectivity index (χ4v) is 2.89. The van der Waals surface area contributed by atoms with E-state index in [4.69, 9.17) is 9.84 Å². The molecule has 1 aromatic carbocycles. The number of thiophene rings is 1. The Morgan fingerprint density at radius 3 is 2.64 bits per heavy atom. The third-order valence-electron chi connectivity index (χ3n) is 3.23. The molecule has 22 heavy (non-hydrogen) atoms. The number of amides is 2. The third-order valence-corrected chi connectivity index (χ3v) is 4.37. The molecule has 2 aromatic rings. The SMILES string of the molecule is COc1ccc(-c2ccc(CNC(=O)N(C)CCO)s2)cc1. The number of hydrogen-bond donors (Lipinski definition) is 2. The molecule has 2 amide bonds. The summed E-state index contributed by atoms with van der Waals surface area (Å²) < 4.78 is 5.15. The van der Waals surface area contributed by atoms with Crippen LogP contribution in [0.25, 0.3) is 10.4 Å². The summed E-state index contributed by atoms with van der Waals surface area (Å²) in [6, 6.07) is 11.8. The summed E-state index contributed by atoms with van der Waals surface area (Å²) in [5.74, 6) is 0.833. The summed E-state index contributed by atoms with van der Waals surface area (Å²) in [6.45, 7) is 0.771. The van der Waals surface area contributed by atoms with Crippen LogP contribution >= 0.6 is 11.3 Å². The summed E-state index contributed by atoms with van der Waals surface area (Å²) in [7, 11) is 3.30. The maximum atomic E-state index is 11.7. The number of urea groups is 1. The first-order valence-electron chi connectivity index (χ1n) is 6.97. The molecule has 0 aliphatic carbocycles. The second-order valence-corrected chi connectivity index (χ2v) is 5.97. The van der Waals surface area contributed by atoms with Gasteiger partial charge in [-0.3, -0.25) is 0 Å². The van der Waals surface area contributed by atoms with Crippen LogP contribution in [0.15, 0.2) is 36.4 Å². The van der Waals surface area contributed by atoms with Gasteiger partial charge in [0.05, 0.1) is 20.3 Å². The van der Waals surface area contributed by atoms with Crippen molar-refractivity contribution in [3.05, 3.63) is 41.3 Å². The van der Waals surface area contributed by atoms with Crippen molar-refractivity contribution in [1.29, 1.82) is 0 Å². The molecule has 0 saturated carbocycles. The molecule has 0 aliphatic heterocycles. The molecule has 5 nitrogen and oxygen atoms in total. The second kappa shape index (κ2) is 7.82. The lowest BCUT2D eigenvalue weighted by Gasteiger charge is -2.15. The lowest BCUT2D eigenvalue weighted by Crippen LogP contribution is -2.38. The van der Waals surface area contributed by atoms with E-state index in [9.17, 15) is 4.79 Å². The van der Waals surface area contributed by atoms with Crippen LogP contribution < -0.4 is 10.1 Å². The number of benzene rings is 1. The van der Waals surface area contributed by atoms with Crippen molar-refractivity contribution in [2.45, 2.75) is 6.54 Å². The van der Waals surface area contributed by atoms with Gasteiger partial charge in [0.2, 0.25) is 0 Å². The predicted octanol–water partition coefficient (Wildman–Crippen LogP) is 2.56. The molecule has 0 bridgehead atoms. The number of aliphatic hydroxyl groups is 1. The molecule has 2 N–H and O–H groups in total. The van der Waals surface area contributed by atoms with Crippen LogP contribution in [0.2, 0.25) is 0 Å². The van der Waals surface area contributed by atoms with E-state index in [0.29, 0.717) is 13.1 Å². The summed E-state index contributed by atoms with van der Waals surface area (Å²) in [5.41, 5.74) is 1.13. The summed E-state index contributed by atoms with van der Waals surface area (Å²) >= 11 is 1.64. The van der Waals surface area contributed by atoms with Gasteiger partial charge in [-0.1, -0.05) is 0 Å². The van der Waals surface area contributed by atoms with Gasteiger partial charge in [-0.2, -0.15) is 0 Å². The van der Waals surface area contributed by atoms with Gasteiger partial charge in [-0.05, 0) is 42.0 Å². The number of nitrogens with one attached hydrogen (secondary N) is 1. The van der Waals surface area contributed by atoms with Crippen LogP contribution in [0.4, 0.5) is 4.79 Å². The average molecular weight is 320 g/mol. The summed E-state index contributed by atoms with van der Waals surface area (Å²) in [5, 5.41) is 11.6. The van der Waals surface area contributed by atoms with Crippen LogP contribution in [-0.2, 0) is 6.54 Å². The normalized spacial score (nSPS) is 10.3. The van der Waals surface area contributed by atoms with E-state index in [1.165, 1.54) is 4.90 Å². The lowest BCUT2D eigenvalue weighted by atomic mass is 10.2. The highest BCUT2D eigenvalue weighted by Crippen LogP contribution is 2.29. The van der Waals surface area contributed by atoms with Gasteiger partial charge in [0.25, 0.3) is 0 Å². The topological polar surface area (TPSA) is 61.8 Å². The van der Waals surface area contributed by atoms with Crippen molar-refractivity contribution in [1.82, 2.24) is 10.2 Å². The fourth-order valence-electron chi connectivity index (χ4n) is 1.93. The quantitative estimate of drug-likeness (QED) is 0.860. The van der Waals surface area contributed by atoms with E-state index in [0.717, 1.165) is 21.1 Å². The number of carbonyl (C=O) groups excluding carboxylic acids is 1. The first-order chi connectivity index (χ1) is 10.6. The van der Waals surface area contributed by atoms with E-state index in [-0.39, 0.29) is 12.6 Å². The van der Waals surface area contributed by atoms with Crippen molar-refractivity contribution < 1.29 is 14.6 Å². The fraction of sp³-hybridized carbons (Fsp3) is 0.312. The minimum Gasteiger partial charge on any atom is -0.497 e. The molecule has 0 radical (unpaired) electrons. The number of carbonyl (C=O) groups is 1. The molecule has 1 aromatic heterocycles. The van der Waals surface area contributed by atoms with Gasteiger partial charge in [-0.15, -0.1) is 11.3 Å². The largest absolute Gasteiger partial charge is 0.497 e. The Balaban J connectivity index is 1.95. The zero-order valence-electron chi connectivity index (χ0n) is 12.7. The number of methoxy groups -OCH3 is 1. The Kier molecular flexibility index (Phi) is 5.80. The standard InChI is InChI=1S/C16H20N2O3S/c1-18(9-10-19)16(20)17-11-14-7-8-15(22-14)12-3-5-13(21-2)6-4-12/h3-8,19H,9-11H2,1-2H3,(H,17,20). The zero-order valence-corrected chi connectivity index (χ0v) is 13.5. The van der Waals surface area contributed by atoms with E-state index < -0.39 is 0 Å². The Morgan fingerprint density at radius 1 is 1.27 bits per heavy atom. The third kappa shape index (κ3) is 4.22. The first-order valence-corrected chi connectivity index (χ1v) is 7.78. The molecule has 0 spiro atoms. The average Bonchev–Trinajstić information content (AvgIpc) is 3.02. The highest BCUT2D eigenvalue weighted by atomic mass is 32.1. The molecule has 1 heterocycles. The summed E-state index contributed by atoms with van der Waals surface area (Å²) in [4.78, 5) is 15.4. The Bertz CT molecular complexity index is 610. The van der Waals surface area contributed by atoms with Gasteiger partial charge in [0, 0.05) is 23.3 Å². The van der Waals surface area contributed by atoms with E-state index in [2.05, 4.69) is 5.32 Å². The molecular formula is C16H20N2O3S. The van der Waals surface area contributed by atoms with Crippen molar-refractivity contribution in [3.63, 3.8) is 0 Å². The predicted molar refractivity (Wildman–Crippen MR) is 88.3 cm³/mol. The lowest BCUT2D eigenvalue weighted by molar-refractivity contribution is 0.190. The number of likely N-dealkylation sites (N-methyl/N-ethyl adjacent to an activating group) is 1. The zero-order chi connectivity index (χ0) is 15.9. The first kappa shape index (κ1) is 16.3. The summed E-state index contributed by atoms with van der Waals surface area (Å²) in [6.07, 6.45) is 0. The van der Waals surface area contributed by atoms with Crippen molar-refractivity contribution >= 4 is 17.4 Å². The van der Waals surface area contributed by atoms with Crippen LogP contribution in [0.5, 0.6) is 5.75 Å². The minimum absolute atomic E-state index is 0.0372. The maximum Gasteiger partial charge on any atom is 0.317 e. The number of aliphatic hydroxyl groups excluding tert-OH is 1. The van der Waals surface area contributed by atoms with Crippen molar-refractivity contribution in [3.8, 4) is 16.2 Å². The molecule has 0 fully saturated rings. The number of rotatable bonds is 6. The minimum atomic E-state index is -0.187. The molecule has 118 valence electrons. The van der Waals surface area contributed by atoms with Gasteiger partial charge >= 0.3 is 6.03 Å². The number of hydrogen-bond acceptors (Lipinski definition) is 4. The van der Waals surface area contributed by atoms with Crippen LogP contribution in [0, 0.1) is 0 Å². The monoisotopic (exact) mass is 320 g/mol. The second-order valence-electron chi connectivity index (χ2n) is 4.80. The highest BCUT2D eigenvalue weighted by molar-refractivity contribution is 7.15. The Labute approximate surface area is 134 Å². The molecular weight excluding hydrogens is 300 g/mol.